The molecule has 3 aromatic rings. The fourth-order valence-electron chi connectivity index (χ4n) is 5.51. The third kappa shape index (κ3) is 9.78. The lowest BCUT2D eigenvalue weighted by atomic mass is 9.90. The number of hydrogen-bond donors (Lipinski definition) is 3. The molecule has 0 heterocycles. The van der Waals surface area contributed by atoms with Crippen LogP contribution in [-0.2, 0) is 29.2 Å². The van der Waals surface area contributed by atoms with Crippen LogP contribution in [0.5, 0.6) is 0 Å². The first-order chi connectivity index (χ1) is 21.8. The van der Waals surface area contributed by atoms with Gasteiger partial charge in [-0.3, -0.25) is 4.79 Å². The molecule has 3 aromatic carbocycles. The number of nitrogens with one attached hydrogen (secondary N) is 2. The van der Waals surface area contributed by atoms with Gasteiger partial charge in [-0.1, -0.05) is 74.0 Å². The summed E-state index contributed by atoms with van der Waals surface area (Å²) < 4.78 is 66.6. The number of carbonyl (C=O) groups is 1. The molecule has 11 heteroatoms. The van der Waals surface area contributed by atoms with Gasteiger partial charge in [-0.2, -0.15) is 13.2 Å². The number of para-hydroxylation sites is 1. The summed E-state index contributed by atoms with van der Waals surface area (Å²) in [6.45, 7) is 2.10. The van der Waals surface area contributed by atoms with Gasteiger partial charge in [0.25, 0.3) is 5.91 Å². The molecule has 0 saturated carbocycles. The summed E-state index contributed by atoms with van der Waals surface area (Å²) in [7, 11) is -3.77. The van der Waals surface area contributed by atoms with Crippen molar-refractivity contribution in [1.82, 2.24) is 10.6 Å². The number of sulfonamides is 1. The van der Waals surface area contributed by atoms with Gasteiger partial charge in [-0.25, -0.2) is 12.7 Å². The van der Waals surface area contributed by atoms with Gasteiger partial charge in [-0.15, -0.1) is 0 Å². The maximum atomic E-state index is 13.8. The molecule has 0 saturated heterocycles. The van der Waals surface area contributed by atoms with Crippen LogP contribution in [0.25, 0.3) is 0 Å². The second kappa shape index (κ2) is 15.6. The molecule has 0 radical (unpaired) electrons. The zero-order chi connectivity index (χ0) is 33.3. The van der Waals surface area contributed by atoms with Gasteiger partial charge in [0.05, 0.1) is 35.3 Å². The van der Waals surface area contributed by atoms with Gasteiger partial charge in [0.2, 0.25) is 10.0 Å². The summed E-state index contributed by atoms with van der Waals surface area (Å²) in [4.78, 5) is 13.8. The smallest absolute Gasteiger partial charge is 0.390 e. The Morgan fingerprint density at radius 1 is 1.00 bits per heavy atom. The summed E-state index contributed by atoms with van der Waals surface area (Å²) in [6, 6.07) is 17.9. The van der Waals surface area contributed by atoms with Crippen LogP contribution in [0, 0.1) is 5.92 Å². The van der Waals surface area contributed by atoms with Crippen molar-refractivity contribution in [3.63, 3.8) is 0 Å². The lowest BCUT2D eigenvalue weighted by Crippen LogP contribution is -2.48. The Labute approximate surface area is 268 Å². The summed E-state index contributed by atoms with van der Waals surface area (Å²) in [5.74, 6) is -0.424. The van der Waals surface area contributed by atoms with E-state index in [1.807, 2.05) is 31.2 Å². The van der Waals surface area contributed by atoms with E-state index in [4.69, 9.17) is 0 Å². The number of rotatable bonds is 14. The maximum absolute atomic E-state index is 13.8. The molecule has 2 unspecified atom stereocenters. The molecule has 46 heavy (non-hydrogen) atoms. The average molecular weight is 656 g/mol. The number of benzene rings is 3. The highest BCUT2D eigenvalue weighted by Crippen LogP contribution is 2.31. The third-order valence-electron chi connectivity index (χ3n) is 7.68. The van der Waals surface area contributed by atoms with Gasteiger partial charge >= 0.3 is 6.18 Å². The second-order valence-electron chi connectivity index (χ2n) is 11.5. The predicted molar refractivity (Wildman–Crippen MR) is 175 cm³/mol. The number of anilines is 2. The highest BCUT2D eigenvalue weighted by Gasteiger charge is 2.30. The largest absolute Gasteiger partial charge is 0.416 e. The number of allylic oxidation sites excluding steroid dienone is 4. The number of aryl methyl sites for hydroxylation is 1. The topological polar surface area (TPSA) is 98.7 Å². The monoisotopic (exact) mass is 655 g/mol. The summed E-state index contributed by atoms with van der Waals surface area (Å²) in [5, 5.41) is 17.2. The number of halogens is 3. The van der Waals surface area contributed by atoms with E-state index >= 15 is 0 Å². The number of aliphatic hydroxyl groups excluding tert-OH is 1. The third-order valence-corrected chi connectivity index (χ3v) is 8.76. The Bertz CT molecular complexity index is 1640. The molecular weight excluding hydrogens is 615 g/mol. The molecule has 1 aliphatic rings. The van der Waals surface area contributed by atoms with Crippen molar-refractivity contribution >= 4 is 27.3 Å². The van der Waals surface area contributed by atoms with E-state index in [2.05, 4.69) is 10.6 Å². The van der Waals surface area contributed by atoms with Crippen molar-refractivity contribution in [1.29, 1.82) is 0 Å². The van der Waals surface area contributed by atoms with Crippen molar-refractivity contribution in [2.24, 2.45) is 5.92 Å². The lowest BCUT2D eigenvalue weighted by Gasteiger charge is -2.28. The number of carbonyl (C=O) groups excluding carboxylic acids is 1. The number of nitrogens with zero attached hydrogens (tertiary/aromatic N) is 1. The predicted octanol–water partition coefficient (Wildman–Crippen LogP) is 6.53. The normalized spacial score (nSPS) is 16.2. The number of alkyl halides is 3. The van der Waals surface area contributed by atoms with Crippen LogP contribution in [0.4, 0.5) is 24.5 Å². The standard InChI is InChI=1S/C35H40F3N3O4S/c1-3-11-26-18-28(22-31(20-26)41(46(2,44)45)30-16-8-5-9-17-30)34(43)40-32(21-25-12-6-4-7-13-25)33(42)24-39-23-27-14-10-15-29(19-27)35(36,37)38/h4-10,12,14-20,22,25,32-33,39,42H,3,11,13,21,23-24H2,1-2H3,(H,40,43)/t25?,32?,33-/m1/s1. The highest BCUT2D eigenvalue weighted by molar-refractivity contribution is 7.92. The first-order valence-electron chi connectivity index (χ1n) is 15.2. The molecule has 0 aromatic heterocycles. The molecule has 1 aliphatic carbocycles. The van der Waals surface area contributed by atoms with Crippen LogP contribution in [0.15, 0.2) is 97.1 Å². The molecule has 0 spiro atoms. The molecule has 4 rings (SSSR count). The van der Waals surface area contributed by atoms with Gasteiger partial charge in [0.15, 0.2) is 0 Å². The van der Waals surface area contributed by atoms with Crippen molar-refractivity contribution < 1.29 is 31.5 Å². The lowest BCUT2D eigenvalue weighted by molar-refractivity contribution is -0.137. The van der Waals surface area contributed by atoms with Crippen molar-refractivity contribution in [3.8, 4) is 0 Å². The first kappa shape index (κ1) is 34.9. The van der Waals surface area contributed by atoms with E-state index in [0.717, 1.165) is 36.8 Å². The Morgan fingerprint density at radius 3 is 2.41 bits per heavy atom. The van der Waals surface area contributed by atoms with E-state index in [0.29, 0.717) is 29.8 Å². The summed E-state index contributed by atoms with van der Waals surface area (Å²) in [5.41, 5.74) is 1.46. The minimum Gasteiger partial charge on any atom is -0.390 e. The van der Waals surface area contributed by atoms with E-state index in [1.165, 1.54) is 16.4 Å². The Hall–Kier alpha value is -3.93. The highest BCUT2D eigenvalue weighted by atomic mass is 32.2. The van der Waals surface area contributed by atoms with Crippen LogP contribution in [0.2, 0.25) is 0 Å². The zero-order valence-electron chi connectivity index (χ0n) is 25.9. The Morgan fingerprint density at radius 2 is 1.76 bits per heavy atom. The van der Waals surface area contributed by atoms with E-state index < -0.39 is 39.8 Å². The quantitative estimate of drug-likeness (QED) is 0.184. The molecule has 3 N–H and O–H groups in total. The van der Waals surface area contributed by atoms with Crippen molar-refractivity contribution in [2.45, 2.75) is 57.5 Å². The maximum Gasteiger partial charge on any atom is 0.416 e. The van der Waals surface area contributed by atoms with Gasteiger partial charge < -0.3 is 15.7 Å². The van der Waals surface area contributed by atoms with Crippen molar-refractivity contribution in [3.05, 3.63) is 119 Å². The van der Waals surface area contributed by atoms with E-state index in [-0.39, 0.29) is 24.6 Å². The molecular formula is C35H40F3N3O4S. The van der Waals surface area contributed by atoms with Gasteiger partial charge in [-0.05, 0) is 72.7 Å². The minimum absolute atomic E-state index is 0.0183. The van der Waals surface area contributed by atoms with Crippen molar-refractivity contribution in [2.75, 3.05) is 17.1 Å². The minimum atomic E-state index is -4.46. The molecule has 246 valence electrons. The SMILES string of the molecule is CCCc1cc(C(=O)NC(CC2C=CC=CC2)[C@H](O)CNCc2cccc(C(F)(F)F)c2)cc(N(c2ccccc2)S(C)(=O)=O)c1. The zero-order valence-corrected chi connectivity index (χ0v) is 26.7. The van der Waals surface area contributed by atoms with Gasteiger partial charge in [0, 0.05) is 18.7 Å². The molecule has 0 bridgehead atoms. The van der Waals surface area contributed by atoms with Crippen LogP contribution < -0.4 is 14.9 Å². The van der Waals surface area contributed by atoms with Crippen LogP contribution >= 0.6 is 0 Å². The number of hydrogen-bond acceptors (Lipinski definition) is 5. The summed E-state index contributed by atoms with van der Waals surface area (Å²) in [6.07, 6.45) is 5.97. The van der Waals surface area contributed by atoms with Gasteiger partial charge in [0.1, 0.15) is 0 Å². The molecule has 1 amide bonds. The van der Waals surface area contributed by atoms with Crippen LogP contribution in [0.1, 0.15) is 53.2 Å². The Balaban J connectivity index is 1.57. The number of amides is 1. The molecule has 0 fully saturated rings. The fourth-order valence-corrected chi connectivity index (χ4v) is 6.50. The van der Waals surface area contributed by atoms with Crippen LogP contribution in [-0.4, -0.2) is 44.4 Å². The molecule has 7 nitrogen and oxygen atoms in total. The second-order valence-corrected chi connectivity index (χ2v) is 13.4. The van der Waals surface area contributed by atoms with Crippen LogP contribution in [0.3, 0.4) is 0 Å². The molecule has 3 atom stereocenters. The number of aliphatic hydroxyl groups is 1. The van der Waals surface area contributed by atoms with E-state index in [9.17, 15) is 31.5 Å². The van der Waals surface area contributed by atoms with E-state index in [1.54, 1.807) is 48.5 Å². The Kier molecular flexibility index (Phi) is 11.8. The summed E-state index contributed by atoms with van der Waals surface area (Å²) >= 11 is 0. The molecule has 0 aliphatic heterocycles. The first-order valence-corrected chi connectivity index (χ1v) is 17.1. The fraction of sp³-hybridized carbons (Fsp3) is 0.343. The average Bonchev–Trinajstić information content (AvgIpc) is 3.01.